The lowest BCUT2D eigenvalue weighted by Gasteiger charge is -2.14. The van der Waals surface area contributed by atoms with Crippen molar-refractivity contribution in [3.63, 3.8) is 0 Å². The average Bonchev–Trinajstić information content (AvgIpc) is 2.59. The van der Waals surface area contributed by atoms with Crippen molar-refractivity contribution < 1.29 is 29.1 Å². The minimum atomic E-state index is -1.91. The number of oxime groups is 1. The van der Waals surface area contributed by atoms with Gasteiger partial charge in [-0.15, -0.1) is 0 Å². The molecule has 0 aliphatic heterocycles. The number of methoxy groups -OCH3 is 1. The molecule has 0 bridgehead atoms. The SMILES string of the molecule is COC(=O)/C(=N/O)[C@@H](C(=O)C=C(C)C)C(=O)C(=O)Nc1ccccc1C. The summed E-state index contributed by atoms with van der Waals surface area (Å²) in [5.74, 6) is -6.33. The molecule has 0 aromatic heterocycles. The van der Waals surface area contributed by atoms with Crippen LogP contribution in [0.15, 0.2) is 41.1 Å². The Balaban J connectivity index is 3.24. The number of aryl methyl sites for hydroxylation is 1. The maximum atomic E-state index is 12.5. The van der Waals surface area contributed by atoms with E-state index in [2.05, 4.69) is 15.2 Å². The Labute approximate surface area is 150 Å². The molecule has 8 nitrogen and oxygen atoms in total. The predicted molar refractivity (Wildman–Crippen MR) is 94.0 cm³/mol. The molecule has 1 aromatic carbocycles. The Hall–Kier alpha value is -3.29. The molecule has 0 heterocycles. The number of carbonyl (C=O) groups is 4. The number of carbonyl (C=O) groups excluding carboxylic acids is 4. The van der Waals surface area contributed by atoms with Crippen molar-refractivity contribution in [2.75, 3.05) is 12.4 Å². The monoisotopic (exact) mass is 360 g/mol. The first-order chi connectivity index (χ1) is 12.2. The second-order valence-corrected chi connectivity index (χ2v) is 5.67. The van der Waals surface area contributed by atoms with Gasteiger partial charge in [-0.05, 0) is 38.5 Å². The molecular formula is C18H20N2O6. The van der Waals surface area contributed by atoms with Gasteiger partial charge in [-0.3, -0.25) is 14.4 Å². The van der Waals surface area contributed by atoms with Gasteiger partial charge in [0.2, 0.25) is 5.78 Å². The van der Waals surface area contributed by atoms with Gasteiger partial charge in [0.05, 0.1) is 7.11 Å². The van der Waals surface area contributed by atoms with Crippen molar-refractivity contribution in [2.24, 2.45) is 11.1 Å². The number of esters is 1. The van der Waals surface area contributed by atoms with Gasteiger partial charge in [0.15, 0.2) is 11.5 Å². The molecule has 0 unspecified atom stereocenters. The van der Waals surface area contributed by atoms with Crippen LogP contribution in [0.3, 0.4) is 0 Å². The Kier molecular flexibility index (Phi) is 7.39. The number of benzene rings is 1. The first kappa shape index (κ1) is 20.8. The summed E-state index contributed by atoms with van der Waals surface area (Å²) in [4.78, 5) is 49.0. The maximum Gasteiger partial charge on any atom is 0.357 e. The minimum absolute atomic E-state index is 0.375. The molecule has 0 saturated heterocycles. The van der Waals surface area contributed by atoms with Crippen molar-refractivity contribution >= 4 is 34.8 Å². The summed E-state index contributed by atoms with van der Waals surface area (Å²) in [7, 11) is 0.994. The van der Waals surface area contributed by atoms with Gasteiger partial charge in [-0.25, -0.2) is 4.79 Å². The molecule has 2 N–H and O–H groups in total. The van der Waals surface area contributed by atoms with Crippen LogP contribution in [0.25, 0.3) is 0 Å². The zero-order valence-electron chi connectivity index (χ0n) is 14.9. The van der Waals surface area contributed by atoms with Gasteiger partial charge in [-0.1, -0.05) is 28.9 Å². The van der Waals surface area contributed by atoms with Crippen molar-refractivity contribution in [1.29, 1.82) is 0 Å². The van der Waals surface area contributed by atoms with E-state index in [-0.39, 0.29) is 0 Å². The average molecular weight is 360 g/mol. The number of amides is 1. The summed E-state index contributed by atoms with van der Waals surface area (Å²) in [5, 5.41) is 14.2. The Morgan fingerprint density at radius 2 is 1.81 bits per heavy atom. The normalized spacial score (nSPS) is 11.9. The van der Waals surface area contributed by atoms with Crippen LogP contribution in [-0.2, 0) is 23.9 Å². The van der Waals surface area contributed by atoms with Crippen LogP contribution in [0.2, 0.25) is 0 Å². The summed E-state index contributed by atoms with van der Waals surface area (Å²) < 4.78 is 4.42. The fraction of sp³-hybridized carbons (Fsp3) is 0.278. The minimum Gasteiger partial charge on any atom is -0.464 e. The number of hydrogen-bond acceptors (Lipinski definition) is 7. The molecule has 0 aliphatic rings. The van der Waals surface area contributed by atoms with Crippen molar-refractivity contribution in [1.82, 2.24) is 0 Å². The molecule has 0 saturated carbocycles. The highest BCUT2D eigenvalue weighted by Gasteiger charge is 2.39. The smallest absolute Gasteiger partial charge is 0.357 e. The van der Waals surface area contributed by atoms with E-state index in [1.807, 2.05) is 0 Å². The highest BCUT2D eigenvalue weighted by Crippen LogP contribution is 2.15. The van der Waals surface area contributed by atoms with Gasteiger partial charge < -0.3 is 15.3 Å². The lowest BCUT2D eigenvalue weighted by atomic mass is 9.91. The standard InChI is InChI=1S/C18H20N2O6/c1-10(2)9-13(21)14(15(20-25)18(24)26-4)16(22)17(23)19-12-8-6-5-7-11(12)3/h5-9,14,25H,1-4H3,(H,19,23)/b20-15+/t14-/m1/s1. The largest absolute Gasteiger partial charge is 0.464 e. The van der Waals surface area contributed by atoms with Crippen LogP contribution in [-0.4, -0.2) is 41.5 Å². The second kappa shape index (κ2) is 9.26. The summed E-state index contributed by atoms with van der Waals surface area (Å²) in [6.45, 7) is 4.92. The van der Waals surface area contributed by atoms with Crippen LogP contribution in [0, 0.1) is 12.8 Å². The Morgan fingerprint density at radius 1 is 1.19 bits per heavy atom. The fourth-order valence-electron chi connectivity index (χ4n) is 2.11. The third-order valence-electron chi connectivity index (χ3n) is 3.37. The number of allylic oxidation sites excluding steroid dienone is 2. The van der Waals surface area contributed by atoms with E-state index in [1.54, 1.807) is 45.0 Å². The van der Waals surface area contributed by atoms with E-state index in [4.69, 9.17) is 5.21 Å². The second-order valence-electron chi connectivity index (χ2n) is 5.67. The highest BCUT2D eigenvalue weighted by molar-refractivity contribution is 6.56. The molecule has 138 valence electrons. The van der Waals surface area contributed by atoms with E-state index in [1.165, 1.54) is 0 Å². The molecule has 1 atom stereocenters. The van der Waals surface area contributed by atoms with E-state index in [9.17, 15) is 19.2 Å². The number of hydrogen-bond donors (Lipinski definition) is 2. The van der Waals surface area contributed by atoms with Crippen molar-refractivity contribution in [3.8, 4) is 0 Å². The predicted octanol–water partition coefficient (Wildman–Crippen LogP) is 1.66. The number of para-hydroxylation sites is 1. The number of ether oxygens (including phenoxy) is 1. The molecule has 0 aliphatic carbocycles. The first-order valence-electron chi connectivity index (χ1n) is 7.62. The first-order valence-corrected chi connectivity index (χ1v) is 7.62. The topological polar surface area (TPSA) is 122 Å². The molecular weight excluding hydrogens is 340 g/mol. The lowest BCUT2D eigenvalue weighted by Crippen LogP contribution is -2.42. The fourth-order valence-corrected chi connectivity index (χ4v) is 2.11. The Bertz CT molecular complexity index is 791. The quantitative estimate of drug-likeness (QED) is 0.145. The maximum absolute atomic E-state index is 12.5. The highest BCUT2D eigenvalue weighted by atomic mass is 16.5. The van der Waals surface area contributed by atoms with Crippen LogP contribution >= 0.6 is 0 Å². The van der Waals surface area contributed by atoms with Crippen LogP contribution in [0.1, 0.15) is 19.4 Å². The van der Waals surface area contributed by atoms with E-state index in [0.717, 1.165) is 13.2 Å². The number of nitrogens with one attached hydrogen (secondary N) is 1. The van der Waals surface area contributed by atoms with Gasteiger partial charge in [0.25, 0.3) is 5.91 Å². The van der Waals surface area contributed by atoms with Crippen LogP contribution < -0.4 is 5.32 Å². The van der Waals surface area contributed by atoms with E-state index in [0.29, 0.717) is 16.8 Å². The molecule has 1 amide bonds. The summed E-state index contributed by atoms with van der Waals surface area (Å²) >= 11 is 0. The molecule has 26 heavy (non-hydrogen) atoms. The number of nitrogens with zero attached hydrogens (tertiary/aromatic N) is 1. The molecule has 1 rings (SSSR count). The Morgan fingerprint density at radius 3 is 2.31 bits per heavy atom. The third-order valence-corrected chi connectivity index (χ3v) is 3.37. The van der Waals surface area contributed by atoms with Gasteiger partial charge in [0, 0.05) is 5.69 Å². The van der Waals surface area contributed by atoms with Gasteiger partial charge in [-0.2, -0.15) is 0 Å². The van der Waals surface area contributed by atoms with Gasteiger partial charge in [0.1, 0.15) is 5.92 Å². The number of ketones is 2. The summed E-state index contributed by atoms with van der Waals surface area (Å²) in [6.07, 6.45) is 1.08. The lowest BCUT2D eigenvalue weighted by molar-refractivity contribution is -0.140. The molecule has 0 spiro atoms. The van der Waals surface area contributed by atoms with Crippen LogP contribution in [0.5, 0.6) is 0 Å². The molecule has 1 aromatic rings. The molecule has 0 radical (unpaired) electrons. The summed E-state index contributed by atoms with van der Waals surface area (Å²) in [5.41, 5.74) is 0.749. The zero-order valence-corrected chi connectivity index (χ0v) is 14.9. The van der Waals surface area contributed by atoms with Gasteiger partial charge >= 0.3 is 5.97 Å². The molecule has 0 fully saturated rings. The number of anilines is 1. The molecule has 8 heteroatoms. The zero-order chi connectivity index (χ0) is 19.9. The van der Waals surface area contributed by atoms with Crippen LogP contribution in [0.4, 0.5) is 5.69 Å². The van der Waals surface area contributed by atoms with Crippen molar-refractivity contribution in [2.45, 2.75) is 20.8 Å². The summed E-state index contributed by atoms with van der Waals surface area (Å²) in [6, 6.07) is 6.71. The third kappa shape index (κ3) is 5.10. The number of rotatable bonds is 7. The van der Waals surface area contributed by atoms with Crippen molar-refractivity contribution in [3.05, 3.63) is 41.5 Å². The number of Topliss-reactive ketones (excluding diaryl/α,β-unsaturated/α-hetero) is 1. The van der Waals surface area contributed by atoms with E-state index >= 15 is 0 Å². The van der Waals surface area contributed by atoms with E-state index < -0.39 is 35.1 Å².